The Bertz CT molecular complexity index is 985. The molecule has 9 nitrogen and oxygen atoms in total. The van der Waals surface area contributed by atoms with Crippen molar-refractivity contribution in [1.82, 2.24) is 10.2 Å². The number of carbonyl (C=O) groups excluding carboxylic acids is 1. The second kappa shape index (κ2) is 11.0. The minimum Gasteiger partial charge on any atom is -0.493 e. The van der Waals surface area contributed by atoms with Gasteiger partial charge in [0.1, 0.15) is 5.56 Å². The number of hydrogen-bond acceptors (Lipinski definition) is 7. The lowest BCUT2D eigenvalue weighted by atomic mass is 9.99. The number of rotatable bonds is 9. The van der Waals surface area contributed by atoms with Crippen molar-refractivity contribution in [2.24, 2.45) is 5.92 Å². The van der Waals surface area contributed by atoms with Gasteiger partial charge in [-0.1, -0.05) is 31.2 Å². The van der Waals surface area contributed by atoms with Crippen LogP contribution in [0, 0.1) is 16.0 Å². The van der Waals surface area contributed by atoms with Gasteiger partial charge in [-0.3, -0.25) is 19.8 Å². The number of amides is 1. The second-order valence-corrected chi connectivity index (χ2v) is 8.26. The first-order valence-electron chi connectivity index (χ1n) is 10.9. The molecule has 1 aliphatic heterocycles. The monoisotopic (exact) mass is 457 g/mol. The molecule has 1 saturated heterocycles. The molecule has 0 aromatic heterocycles. The molecule has 9 heteroatoms. The number of methoxy groups -OCH3 is 3. The van der Waals surface area contributed by atoms with Gasteiger partial charge in [0.15, 0.2) is 5.75 Å². The first kappa shape index (κ1) is 24.3. The topological polar surface area (TPSA) is 103 Å². The molecule has 0 saturated carbocycles. The van der Waals surface area contributed by atoms with Gasteiger partial charge in [0.2, 0.25) is 11.5 Å². The summed E-state index contributed by atoms with van der Waals surface area (Å²) in [6, 6.07) is 9.33. The number of benzene rings is 2. The summed E-state index contributed by atoms with van der Waals surface area (Å²) < 4.78 is 15.6. The summed E-state index contributed by atoms with van der Waals surface area (Å²) in [6.07, 6.45) is 2.47. The van der Waals surface area contributed by atoms with Crippen LogP contribution in [0.2, 0.25) is 0 Å². The van der Waals surface area contributed by atoms with Crippen molar-refractivity contribution in [2.75, 3.05) is 34.4 Å². The van der Waals surface area contributed by atoms with Crippen molar-refractivity contribution in [3.8, 4) is 17.2 Å². The van der Waals surface area contributed by atoms with Crippen LogP contribution in [0.5, 0.6) is 17.2 Å². The van der Waals surface area contributed by atoms with E-state index in [-0.39, 0.29) is 29.4 Å². The molecule has 0 aliphatic carbocycles. The standard InChI is InChI=1S/C24H31N3O6/c1-16-9-11-26(12-10-16)15-18-7-5-17(6-8-18)14-25-24(28)19-13-20(31-2)22(32-3)23(33-4)21(19)27(29)30/h5-8,13,16H,9-12,14-15H2,1-4H3,(H,25,28). The summed E-state index contributed by atoms with van der Waals surface area (Å²) in [6.45, 7) is 5.68. The molecule has 3 rings (SSSR count). The van der Waals surface area contributed by atoms with Gasteiger partial charge in [-0.2, -0.15) is 0 Å². The highest BCUT2D eigenvalue weighted by atomic mass is 16.6. The van der Waals surface area contributed by atoms with Crippen molar-refractivity contribution in [3.63, 3.8) is 0 Å². The van der Waals surface area contributed by atoms with Gasteiger partial charge in [0.05, 0.1) is 26.3 Å². The first-order chi connectivity index (χ1) is 15.9. The fourth-order valence-electron chi connectivity index (χ4n) is 4.01. The number of hydrogen-bond donors (Lipinski definition) is 1. The number of carbonyl (C=O) groups is 1. The molecule has 0 radical (unpaired) electrons. The second-order valence-electron chi connectivity index (χ2n) is 8.26. The minimum atomic E-state index is -0.661. The molecule has 1 aliphatic rings. The smallest absolute Gasteiger partial charge is 0.327 e. The van der Waals surface area contributed by atoms with E-state index in [1.807, 2.05) is 12.1 Å². The average Bonchev–Trinajstić information content (AvgIpc) is 2.83. The van der Waals surface area contributed by atoms with Gasteiger partial charge < -0.3 is 19.5 Å². The van der Waals surface area contributed by atoms with E-state index in [0.717, 1.165) is 31.1 Å². The quantitative estimate of drug-likeness (QED) is 0.451. The van der Waals surface area contributed by atoms with Crippen molar-refractivity contribution < 1.29 is 23.9 Å². The van der Waals surface area contributed by atoms with Gasteiger partial charge in [0, 0.05) is 19.2 Å². The van der Waals surface area contributed by atoms with Crippen LogP contribution in [0.15, 0.2) is 30.3 Å². The first-order valence-corrected chi connectivity index (χ1v) is 10.9. The van der Waals surface area contributed by atoms with Crippen molar-refractivity contribution in [3.05, 3.63) is 57.1 Å². The Morgan fingerprint density at radius 3 is 2.21 bits per heavy atom. The molecule has 33 heavy (non-hydrogen) atoms. The van der Waals surface area contributed by atoms with Crippen LogP contribution in [-0.4, -0.2) is 50.1 Å². The minimum absolute atomic E-state index is 0.0574. The molecule has 0 unspecified atom stereocenters. The molecular formula is C24H31N3O6. The summed E-state index contributed by atoms with van der Waals surface area (Å²) in [4.78, 5) is 26.4. The van der Waals surface area contributed by atoms with Crippen molar-refractivity contribution in [1.29, 1.82) is 0 Å². The number of nitro benzene ring substituents is 1. The number of ether oxygens (including phenoxy) is 3. The summed E-state index contributed by atoms with van der Waals surface area (Å²) in [5.74, 6) is 0.258. The summed E-state index contributed by atoms with van der Waals surface area (Å²) in [5.41, 5.74) is 1.48. The molecule has 0 atom stereocenters. The van der Waals surface area contributed by atoms with E-state index >= 15 is 0 Å². The maximum atomic E-state index is 12.9. The SMILES string of the molecule is COc1cc(C(=O)NCc2ccc(CN3CCC(C)CC3)cc2)c([N+](=O)[O-])c(OC)c1OC. The fraction of sp³-hybridized carbons (Fsp3) is 0.458. The number of likely N-dealkylation sites (tertiary alicyclic amines) is 1. The average molecular weight is 458 g/mol. The third-order valence-corrected chi connectivity index (χ3v) is 5.99. The Balaban J connectivity index is 1.71. The molecule has 1 heterocycles. The van der Waals surface area contributed by atoms with E-state index in [1.54, 1.807) is 0 Å². The molecule has 1 amide bonds. The van der Waals surface area contributed by atoms with E-state index in [2.05, 4.69) is 29.3 Å². The summed E-state index contributed by atoms with van der Waals surface area (Å²) in [7, 11) is 4.01. The van der Waals surface area contributed by atoms with Gasteiger partial charge in [-0.15, -0.1) is 0 Å². The molecule has 1 N–H and O–H groups in total. The van der Waals surface area contributed by atoms with Crippen LogP contribution < -0.4 is 19.5 Å². The van der Waals surface area contributed by atoms with Crippen LogP contribution in [-0.2, 0) is 13.1 Å². The maximum Gasteiger partial charge on any atom is 0.327 e. The van der Waals surface area contributed by atoms with Gasteiger partial charge >= 0.3 is 5.69 Å². The summed E-state index contributed by atoms with van der Waals surface area (Å²) in [5, 5.41) is 14.5. The van der Waals surface area contributed by atoms with Crippen LogP contribution in [0.1, 0.15) is 41.3 Å². The third-order valence-electron chi connectivity index (χ3n) is 5.99. The Morgan fingerprint density at radius 1 is 1.06 bits per heavy atom. The Labute approximate surface area is 193 Å². The zero-order valence-corrected chi connectivity index (χ0v) is 19.6. The number of nitrogens with zero attached hydrogens (tertiary/aromatic N) is 2. The Hall–Kier alpha value is -3.33. The summed E-state index contributed by atoms with van der Waals surface area (Å²) >= 11 is 0. The highest BCUT2D eigenvalue weighted by Crippen LogP contribution is 2.46. The predicted molar refractivity (Wildman–Crippen MR) is 124 cm³/mol. The highest BCUT2D eigenvalue weighted by molar-refractivity contribution is 6.00. The van der Waals surface area contributed by atoms with Gasteiger partial charge in [-0.25, -0.2) is 0 Å². The van der Waals surface area contributed by atoms with E-state index in [9.17, 15) is 14.9 Å². The molecule has 0 spiro atoms. The molecular weight excluding hydrogens is 426 g/mol. The lowest BCUT2D eigenvalue weighted by molar-refractivity contribution is -0.386. The van der Waals surface area contributed by atoms with Crippen LogP contribution >= 0.6 is 0 Å². The zero-order valence-electron chi connectivity index (χ0n) is 19.6. The number of nitro groups is 1. The van der Waals surface area contributed by atoms with Crippen molar-refractivity contribution in [2.45, 2.75) is 32.9 Å². The molecule has 178 valence electrons. The van der Waals surface area contributed by atoms with Gasteiger partial charge in [0.25, 0.3) is 5.91 Å². The van der Waals surface area contributed by atoms with Crippen molar-refractivity contribution >= 4 is 11.6 Å². The largest absolute Gasteiger partial charge is 0.493 e. The Kier molecular flexibility index (Phi) is 8.11. The molecule has 2 aromatic carbocycles. The van der Waals surface area contributed by atoms with Crippen LogP contribution in [0.3, 0.4) is 0 Å². The zero-order chi connectivity index (χ0) is 24.0. The predicted octanol–water partition coefficient (Wildman–Crippen LogP) is 3.78. The van der Waals surface area contributed by atoms with E-state index in [4.69, 9.17) is 14.2 Å². The lowest BCUT2D eigenvalue weighted by Crippen LogP contribution is -2.32. The van der Waals surface area contributed by atoms with E-state index < -0.39 is 16.5 Å². The normalized spacial score (nSPS) is 14.5. The van der Waals surface area contributed by atoms with Crippen LogP contribution in [0.25, 0.3) is 0 Å². The number of nitrogens with one attached hydrogen (secondary N) is 1. The Morgan fingerprint density at radius 2 is 1.67 bits per heavy atom. The molecule has 0 bridgehead atoms. The van der Waals surface area contributed by atoms with E-state index in [0.29, 0.717) is 0 Å². The van der Waals surface area contributed by atoms with E-state index in [1.165, 1.54) is 45.8 Å². The highest BCUT2D eigenvalue weighted by Gasteiger charge is 2.32. The van der Waals surface area contributed by atoms with Gasteiger partial charge in [-0.05, 0) is 43.0 Å². The molecule has 2 aromatic rings. The maximum absolute atomic E-state index is 12.9. The van der Waals surface area contributed by atoms with Crippen LogP contribution in [0.4, 0.5) is 5.69 Å². The third kappa shape index (κ3) is 5.73. The fourth-order valence-corrected chi connectivity index (χ4v) is 4.01. The molecule has 1 fully saturated rings. The number of piperidine rings is 1. The lowest BCUT2D eigenvalue weighted by Gasteiger charge is -2.30.